The van der Waals surface area contributed by atoms with Gasteiger partial charge in [0.15, 0.2) is 11.5 Å². The Morgan fingerprint density at radius 3 is 2.31 bits per heavy atom. The van der Waals surface area contributed by atoms with E-state index in [1.807, 2.05) is 6.07 Å². The molecule has 5 heteroatoms. The van der Waals surface area contributed by atoms with Crippen molar-refractivity contribution in [3.63, 3.8) is 0 Å². The van der Waals surface area contributed by atoms with Crippen molar-refractivity contribution in [2.75, 3.05) is 27.9 Å². The minimum absolute atomic E-state index is 0.191. The average Bonchev–Trinajstić information content (AvgIpc) is 2.76. The lowest BCUT2D eigenvalue weighted by Crippen LogP contribution is -2.47. The zero-order valence-electron chi connectivity index (χ0n) is 17.2. The molecule has 0 aliphatic carbocycles. The van der Waals surface area contributed by atoms with E-state index in [2.05, 4.69) is 29.2 Å². The molecule has 5 nitrogen and oxygen atoms in total. The quantitative estimate of drug-likeness (QED) is 0.684. The molecule has 0 aromatic heterocycles. The second-order valence-electron chi connectivity index (χ2n) is 8.13. The Morgan fingerprint density at radius 1 is 0.862 bits per heavy atom. The summed E-state index contributed by atoms with van der Waals surface area (Å²) in [6.07, 6.45) is 2.45. The van der Waals surface area contributed by atoms with E-state index < -0.39 is 0 Å². The molecule has 0 saturated carbocycles. The van der Waals surface area contributed by atoms with Gasteiger partial charge in [-0.2, -0.15) is 0 Å². The summed E-state index contributed by atoms with van der Waals surface area (Å²) in [6.45, 7) is 1.87. The number of methoxy groups -OCH3 is 3. The Bertz CT molecular complexity index is 1090. The van der Waals surface area contributed by atoms with Gasteiger partial charge in [-0.25, -0.2) is 0 Å². The first-order chi connectivity index (χ1) is 14.1. The molecule has 0 radical (unpaired) electrons. The summed E-state index contributed by atoms with van der Waals surface area (Å²) < 4.78 is 16.7. The van der Waals surface area contributed by atoms with E-state index in [0.29, 0.717) is 6.04 Å². The minimum Gasteiger partial charge on any atom is -0.497 e. The third-order valence-electron chi connectivity index (χ3n) is 6.67. The summed E-state index contributed by atoms with van der Waals surface area (Å²) in [7, 11) is 5.06. The Balaban J connectivity index is 1.82. The average molecular weight is 393 g/mol. The van der Waals surface area contributed by atoms with Gasteiger partial charge in [0.1, 0.15) is 5.75 Å². The number of nitrogens with zero attached hydrogens (tertiary/aromatic N) is 1. The number of fused-ring (bicyclic) bond motifs is 7. The predicted octanol–water partition coefficient (Wildman–Crippen LogP) is 3.90. The summed E-state index contributed by atoms with van der Waals surface area (Å²) in [4.78, 5) is 2.53. The molecule has 5 rings (SSSR count). The summed E-state index contributed by atoms with van der Waals surface area (Å²) in [5.74, 6) is 2.33. The van der Waals surface area contributed by atoms with Crippen LogP contribution >= 0.6 is 0 Å². The maximum Gasteiger partial charge on any atom is 0.161 e. The molecule has 2 heterocycles. The fraction of sp³-hybridized carbons (Fsp3) is 0.417. The van der Waals surface area contributed by atoms with Crippen molar-refractivity contribution in [1.29, 1.82) is 0 Å². The molecule has 1 saturated heterocycles. The van der Waals surface area contributed by atoms with Crippen LogP contribution in [0, 0.1) is 0 Å². The number of hydrogen-bond donors (Lipinski definition) is 1. The number of aliphatic hydroxyl groups excluding tert-OH is 1. The molecule has 0 amide bonds. The van der Waals surface area contributed by atoms with Crippen LogP contribution in [-0.4, -0.2) is 50.0 Å². The van der Waals surface area contributed by atoms with Crippen molar-refractivity contribution in [2.24, 2.45) is 0 Å². The normalized spacial score (nSPS) is 21.7. The van der Waals surface area contributed by atoms with E-state index in [1.165, 1.54) is 27.3 Å². The summed E-state index contributed by atoms with van der Waals surface area (Å²) >= 11 is 0. The lowest BCUT2D eigenvalue weighted by atomic mass is 9.82. The highest BCUT2D eigenvalue weighted by Crippen LogP contribution is 2.44. The first-order valence-corrected chi connectivity index (χ1v) is 10.2. The number of aliphatic hydroxyl groups is 1. The predicted molar refractivity (Wildman–Crippen MR) is 114 cm³/mol. The van der Waals surface area contributed by atoms with Crippen LogP contribution in [0.5, 0.6) is 17.2 Å². The van der Waals surface area contributed by atoms with Gasteiger partial charge in [0.05, 0.1) is 27.4 Å². The van der Waals surface area contributed by atoms with Crippen molar-refractivity contribution in [3.05, 3.63) is 41.5 Å². The van der Waals surface area contributed by atoms with Crippen LogP contribution in [0.3, 0.4) is 0 Å². The van der Waals surface area contributed by atoms with Gasteiger partial charge in [0.25, 0.3) is 0 Å². The van der Waals surface area contributed by atoms with Crippen LogP contribution in [0.15, 0.2) is 30.3 Å². The molecule has 0 spiro atoms. The van der Waals surface area contributed by atoms with Gasteiger partial charge < -0.3 is 19.3 Å². The summed E-state index contributed by atoms with van der Waals surface area (Å²) in [5, 5.41) is 15.0. The van der Waals surface area contributed by atoms with Crippen molar-refractivity contribution in [3.8, 4) is 17.2 Å². The molecule has 3 aromatic rings. The van der Waals surface area contributed by atoms with Gasteiger partial charge in [0, 0.05) is 19.1 Å². The van der Waals surface area contributed by atoms with E-state index in [9.17, 15) is 5.11 Å². The standard InChI is InChI=1S/C24H27NO4/c1-27-16-4-5-17-19(10-16)21-12-24(29-3)23(28-2)11-20(21)18-9-14-8-15(26)6-7-25(14)13-22(17)18/h4-5,10-12,14-15,26H,6-9,13H2,1-3H3/t14-,15+/m1/s1. The lowest BCUT2D eigenvalue weighted by molar-refractivity contribution is 0.0322. The fourth-order valence-corrected chi connectivity index (χ4v) is 5.16. The summed E-state index contributed by atoms with van der Waals surface area (Å²) in [5.41, 5.74) is 2.75. The molecule has 152 valence electrons. The molecule has 1 fully saturated rings. The second-order valence-corrected chi connectivity index (χ2v) is 8.13. The van der Waals surface area contributed by atoms with Crippen LogP contribution in [0.4, 0.5) is 0 Å². The zero-order valence-corrected chi connectivity index (χ0v) is 17.2. The maximum absolute atomic E-state index is 10.2. The molecule has 0 unspecified atom stereocenters. The number of ether oxygens (including phenoxy) is 3. The smallest absolute Gasteiger partial charge is 0.161 e. The van der Waals surface area contributed by atoms with Crippen molar-refractivity contribution in [1.82, 2.24) is 4.90 Å². The number of piperidine rings is 1. The van der Waals surface area contributed by atoms with E-state index in [4.69, 9.17) is 14.2 Å². The van der Waals surface area contributed by atoms with Gasteiger partial charge in [-0.3, -0.25) is 4.90 Å². The van der Waals surface area contributed by atoms with Crippen molar-refractivity contribution in [2.45, 2.75) is 38.0 Å². The highest BCUT2D eigenvalue weighted by Gasteiger charge is 2.34. The molecule has 0 bridgehead atoms. The molecule has 3 aromatic carbocycles. The molecule has 1 N–H and O–H groups in total. The molecule has 2 atom stereocenters. The van der Waals surface area contributed by atoms with E-state index >= 15 is 0 Å². The monoisotopic (exact) mass is 393 g/mol. The number of benzene rings is 3. The SMILES string of the molecule is COc1ccc2c3c(c4cc(OC)c(OC)cc4c2c1)C[C@H]1C[C@@H](O)CCN1C3. The van der Waals surface area contributed by atoms with Gasteiger partial charge in [-0.1, -0.05) is 6.07 Å². The molecule has 29 heavy (non-hydrogen) atoms. The summed E-state index contributed by atoms with van der Waals surface area (Å²) in [6, 6.07) is 10.9. The number of hydrogen-bond acceptors (Lipinski definition) is 5. The Hall–Kier alpha value is -2.50. The van der Waals surface area contributed by atoms with Crippen LogP contribution in [-0.2, 0) is 13.0 Å². The third-order valence-corrected chi connectivity index (χ3v) is 6.67. The minimum atomic E-state index is -0.191. The Kier molecular flexibility index (Phi) is 4.52. The van der Waals surface area contributed by atoms with Crippen LogP contribution in [0.25, 0.3) is 21.5 Å². The second kappa shape index (κ2) is 7.08. The first-order valence-electron chi connectivity index (χ1n) is 10.2. The van der Waals surface area contributed by atoms with Gasteiger partial charge in [0.2, 0.25) is 0 Å². The van der Waals surface area contributed by atoms with Gasteiger partial charge in [-0.05, 0) is 76.2 Å². The van der Waals surface area contributed by atoms with Gasteiger partial charge in [-0.15, -0.1) is 0 Å². The fourth-order valence-electron chi connectivity index (χ4n) is 5.16. The van der Waals surface area contributed by atoms with E-state index in [0.717, 1.165) is 55.0 Å². The molecular formula is C24H27NO4. The van der Waals surface area contributed by atoms with Crippen LogP contribution < -0.4 is 14.2 Å². The van der Waals surface area contributed by atoms with E-state index in [1.54, 1.807) is 21.3 Å². The van der Waals surface area contributed by atoms with Crippen molar-refractivity contribution >= 4 is 21.5 Å². The first kappa shape index (κ1) is 18.5. The van der Waals surface area contributed by atoms with Crippen molar-refractivity contribution < 1.29 is 19.3 Å². The maximum atomic E-state index is 10.2. The Labute approximate surface area is 170 Å². The van der Waals surface area contributed by atoms with E-state index in [-0.39, 0.29) is 6.10 Å². The topological polar surface area (TPSA) is 51.2 Å². The van der Waals surface area contributed by atoms with Crippen LogP contribution in [0.1, 0.15) is 24.0 Å². The highest BCUT2D eigenvalue weighted by atomic mass is 16.5. The highest BCUT2D eigenvalue weighted by molar-refractivity contribution is 6.12. The zero-order chi connectivity index (χ0) is 20.1. The largest absolute Gasteiger partial charge is 0.497 e. The van der Waals surface area contributed by atoms with Gasteiger partial charge >= 0.3 is 0 Å². The molecule has 2 aliphatic rings. The van der Waals surface area contributed by atoms with Crippen LogP contribution in [0.2, 0.25) is 0 Å². The molecular weight excluding hydrogens is 366 g/mol. The Morgan fingerprint density at radius 2 is 1.59 bits per heavy atom. The number of rotatable bonds is 3. The third kappa shape index (κ3) is 2.92. The lowest BCUT2D eigenvalue weighted by Gasteiger charge is -2.42. The molecule has 2 aliphatic heterocycles.